The van der Waals surface area contributed by atoms with Crippen molar-refractivity contribution in [3.63, 3.8) is 0 Å². The normalized spacial score (nSPS) is 25.6. The number of rotatable bonds is 3. The van der Waals surface area contributed by atoms with E-state index in [1.807, 2.05) is 0 Å². The van der Waals surface area contributed by atoms with Crippen molar-refractivity contribution in [2.45, 2.75) is 32.6 Å². The average molecular weight is 344 g/mol. The summed E-state index contributed by atoms with van der Waals surface area (Å²) in [7, 11) is 0. The van der Waals surface area contributed by atoms with Crippen molar-refractivity contribution in [3.05, 3.63) is 29.8 Å². The monoisotopic (exact) mass is 344 g/mol. The van der Waals surface area contributed by atoms with Crippen LogP contribution in [-0.4, -0.2) is 39.2 Å². The summed E-state index contributed by atoms with van der Waals surface area (Å²) in [4.78, 5) is 13.0. The van der Waals surface area contributed by atoms with Gasteiger partial charge in [0.1, 0.15) is 11.5 Å². The molecule has 2 aromatic rings. The molecule has 1 amide bonds. The molecule has 2 heterocycles. The van der Waals surface area contributed by atoms with E-state index < -0.39 is 5.82 Å². The fraction of sp³-hybridized carbons (Fsp3) is 0.529. The largest absolute Gasteiger partial charge is 0.325 e. The highest BCUT2D eigenvalue weighted by Crippen LogP contribution is 2.44. The van der Waals surface area contributed by atoms with Gasteiger partial charge in [0.2, 0.25) is 5.91 Å². The number of anilines is 1. The van der Waals surface area contributed by atoms with Crippen molar-refractivity contribution in [1.29, 1.82) is 0 Å². The smallest absolute Gasteiger partial charge is 0.232 e. The number of fused-ring (bicyclic) bond motifs is 1. The van der Waals surface area contributed by atoms with Crippen LogP contribution in [-0.2, 0) is 4.79 Å². The summed E-state index contributed by atoms with van der Waals surface area (Å²) >= 11 is 0. The molecule has 7 nitrogen and oxygen atoms in total. The lowest BCUT2D eigenvalue weighted by molar-refractivity contribution is -0.128. The summed E-state index contributed by atoms with van der Waals surface area (Å²) in [5, 5.41) is 17.5. The SMILES string of the molecule is Cc1nnnn1-c1cc(NC(=O)[C@@]23CCCC[C@H]2CNC3)ccc1F. The predicted octanol–water partition coefficient (Wildman–Crippen LogP) is 1.83. The van der Waals surface area contributed by atoms with Gasteiger partial charge in [0.05, 0.1) is 5.41 Å². The van der Waals surface area contributed by atoms with Gasteiger partial charge in [-0.15, -0.1) is 5.10 Å². The van der Waals surface area contributed by atoms with Crippen LogP contribution in [0.1, 0.15) is 31.5 Å². The van der Waals surface area contributed by atoms with Crippen LogP contribution in [0.25, 0.3) is 5.69 Å². The van der Waals surface area contributed by atoms with Gasteiger partial charge >= 0.3 is 0 Å². The second kappa shape index (κ2) is 6.18. The number of carbonyl (C=O) groups is 1. The zero-order chi connectivity index (χ0) is 17.4. The van der Waals surface area contributed by atoms with Gasteiger partial charge in [-0.2, -0.15) is 4.68 Å². The topological polar surface area (TPSA) is 84.7 Å². The molecule has 0 unspecified atom stereocenters. The summed E-state index contributed by atoms with van der Waals surface area (Å²) in [6.07, 6.45) is 4.24. The second-order valence-corrected chi connectivity index (χ2v) is 6.99. The Hall–Kier alpha value is -2.35. The van der Waals surface area contributed by atoms with E-state index in [2.05, 4.69) is 26.2 Å². The van der Waals surface area contributed by atoms with Crippen molar-refractivity contribution >= 4 is 11.6 Å². The number of carbonyl (C=O) groups excluding carboxylic acids is 1. The lowest BCUT2D eigenvalue weighted by atomic mass is 9.67. The van der Waals surface area contributed by atoms with Gasteiger partial charge in [-0.1, -0.05) is 12.8 Å². The molecule has 2 aliphatic rings. The van der Waals surface area contributed by atoms with Gasteiger partial charge in [0, 0.05) is 12.2 Å². The highest BCUT2D eigenvalue weighted by atomic mass is 19.1. The van der Waals surface area contributed by atoms with Crippen LogP contribution < -0.4 is 10.6 Å². The molecule has 132 valence electrons. The summed E-state index contributed by atoms with van der Waals surface area (Å²) in [5.41, 5.74) is 0.432. The molecule has 25 heavy (non-hydrogen) atoms. The van der Waals surface area contributed by atoms with Crippen LogP contribution in [0.4, 0.5) is 10.1 Å². The summed E-state index contributed by atoms with van der Waals surface area (Å²) in [6.45, 7) is 3.30. The first kappa shape index (κ1) is 16.1. The molecule has 0 bridgehead atoms. The van der Waals surface area contributed by atoms with Crippen LogP contribution >= 0.6 is 0 Å². The Morgan fingerprint density at radius 3 is 3.12 bits per heavy atom. The third kappa shape index (κ3) is 2.70. The molecule has 2 atom stereocenters. The number of nitrogens with zero attached hydrogens (tertiary/aromatic N) is 4. The minimum absolute atomic E-state index is 0.0215. The first-order chi connectivity index (χ1) is 12.1. The van der Waals surface area contributed by atoms with E-state index in [4.69, 9.17) is 0 Å². The number of halogens is 1. The lowest BCUT2D eigenvalue weighted by Crippen LogP contribution is -2.44. The maximum Gasteiger partial charge on any atom is 0.232 e. The highest BCUT2D eigenvalue weighted by Gasteiger charge is 2.49. The number of aryl methyl sites for hydroxylation is 1. The molecule has 1 aliphatic carbocycles. The van der Waals surface area contributed by atoms with E-state index in [1.165, 1.54) is 17.2 Å². The standard InChI is InChI=1S/C17H21FN6O/c1-11-21-22-23-24(11)15-8-13(5-6-14(15)18)20-16(25)17-7-3-2-4-12(17)9-19-10-17/h5-6,8,12,19H,2-4,7,9-10H2,1H3,(H,20,25)/t12-,17+/m0/s1. The minimum atomic E-state index is -0.440. The fourth-order valence-electron chi connectivity index (χ4n) is 4.15. The van der Waals surface area contributed by atoms with E-state index in [1.54, 1.807) is 19.1 Å². The minimum Gasteiger partial charge on any atom is -0.325 e. The van der Waals surface area contributed by atoms with Gasteiger partial charge in [-0.3, -0.25) is 4.79 Å². The number of aromatic nitrogens is 4. The Bertz CT molecular complexity index is 806. The molecule has 1 aromatic heterocycles. The van der Waals surface area contributed by atoms with Gasteiger partial charge in [0.25, 0.3) is 0 Å². The quantitative estimate of drug-likeness (QED) is 0.887. The van der Waals surface area contributed by atoms with Crippen LogP contribution in [0.2, 0.25) is 0 Å². The van der Waals surface area contributed by atoms with E-state index in [9.17, 15) is 9.18 Å². The molecule has 1 saturated carbocycles. The Morgan fingerprint density at radius 2 is 2.32 bits per heavy atom. The van der Waals surface area contributed by atoms with Gasteiger partial charge in [-0.25, -0.2) is 4.39 Å². The molecule has 2 fully saturated rings. The van der Waals surface area contributed by atoms with Crippen LogP contribution in [0.3, 0.4) is 0 Å². The van der Waals surface area contributed by atoms with Crippen LogP contribution in [0.15, 0.2) is 18.2 Å². The molecule has 1 aromatic carbocycles. The van der Waals surface area contributed by atoms with Crippen molar-refractivity contribution in [2.75, 3.05) is 18.4 Å². The number of amides is 1. The lowest BCUT2D eigenvalue weighted by Gasteiger charge is -2.37. The van der Waals surface area contributed by atoms with Crippen LogP contribution in [0, 0.1) is 24.1 Å². The van der Waals surface area contributed by atoms with Crippen molar-refractivity contribution in [1.82, 2.24) is 25.5 Å². The molecule has 1 aliphatic heterocycles. The number of hydrogen-bond acceptors (Lipinski definition) is 5. The van der Waals surface area contributed by atoms with E-state index in [0.29, 0.717) is 24.0 Å². The van der Waals surface area contributed by atoms with Gasteiger partial charge in [-0.05, 0) is 60.9 Å². The maximum atomic E-state index is 14.2. The first-order valence-corrected chi connectivity index (χ1v) is 8.67. The van der Waals surface area contributed by atoms with Crippen molar-refractivity contribution in [2.24, 2.45) is 11.3 Å². The van der Waals surface area contributed by atoms with Crippen molar-refractivity contribution in [3.8, 4) is 5.69 Å². The third-order valence-corrected chi connectivity index (χ3v) is 5.55. The summed E-state index contributed by atoms with van der Waals surface area (Å²) in [6, 6.07) is 4.48. The molecule has 0 spiro atoms. The highest BCUT2D eigenvalue weighted by molar-refractivity contribution is 5.96. The van der Waals surface area contributed by atoms with Gasteiger partial charge in [0.15, 0.2) is 5.82 Å². The Balaban J connectivity index is 1.61. The summed E-state index contributed by atoms with van der Waals surface area (Å²) in [5.74, 6) is 0.439. The number of nitrogens with one attached hydrogen (secondary N) is 2. The molecular weight excluding hydrogens is 323 g/mol. The number of tetrazole rings is 1. The van der Waals surface area contributed by atoms with Crippen LogP contribution in [0.5, 0.6) is 0 Å². The molecule has 1 saturated heterocycles. The van der Waals surface area contributed by atoms with E-state index >= 15 is 0 Å². The van der Waals surface area contributed by atoms with Crippen molar-refractivity contribution < 1.29 is 9.18 Å². The van der Waals surface area contributed by atoms with Gasteiger partial charge < -0.3 is 10.6 Å². The zero-order valence-electron chi connectivity index (χ0n) is 14.1. The summed E-state index contributed by atoms with van der Waals surface area (Å²) < 4.78 is 15.5. The zero-order valence-corrected chi connectivity index (χ0v) is 14.1. The average Bonchev–Trinajstić information content (AvgIpc) is 3.23. The molecule has 2 N–H and O–H groups in total. The third-order valence-electron chi connectivity index (χ3n) is 5.55. The molecule has 4 rings (SSSR count). The molecule has 0 radical (unpaired) electrons. The first-order valence-electron chi connectivity index (χ1n) is 8.67. The Labute approximate surface area is 145 Å². The molecular formula is C17H21FN6O. The fourth-order valence-corrected chi connectivity index (χ4v) is 4.15. The molecule has 8 heteroatoms. The Kier molecular flexibility index (Phi) is 3.99. The number of benzene rings is 1. The maximum absolute atomic E-state index is 14.2. The Morgan fingerprint density at radius 1 is 1.44 bits per heavy atom. The second-order valence-electron chi connectivity index (χ2n) is 6.99. The predicted molar refractivity (Wildman–Crippen MR) is 89.7 cm³/mol. The van der Waals surface area contributed by atoms with E-state index in [-0.39, 0.29) is 17.0 Å². The number of hydrogen-bond donors (Lipinski definition) is 2. The van der Waals surface area contributed by atoms with E-state index in [0.717, 1.165) is 25.8 Å².